The molecule has 5 heteroatoms. The van der Waals surface area contributed by atoms with E-state index in [0.29, 0.717) is 18.2 Å². The van der Waals surface area contributed by atoms with Gasteiger partial charge in [-0.05, 0) is 30.9 Å². The number of ether oxygens (including phenoxy) is 1. The lowest BCUT2D eigenvalue weighted by Crippen LogP contribution is -2.39. The molecule has 114 valence electrons. The molecule has 22 heavy (non-hydrogen) atoms. The Morgan fingerprint density at radius 2 is 2.23 bits per heavy atom. The van der Waals surface area contributed by atoms with Crippen LogP contribution in [0.5, 0.6) is 5.75 Å². The van der Waals surface area contributed by atoms with Crippen LogP contribution in [0.2, 0.25) is 0 Å². The average Bonchev–Trinajstić information content (AvgIpc) is 2.98. The van der Waals surface area contributed by atoms with Crippen molar-refractivity contribution in [3.63, 3.8) is 0 Å². The number of piperidine rings is 1. The fourth-order valence-electron chi connectivity index (χ4n) is 3.35. The van der Waals surface area contributed by atoms with E-state index < -0.39 is 0 Å². The molecular weight excluding hydrogens is 278 g/mol. The number of imidazole rings is 1. The van der Waals surface area contributed by atoms with E-state index in [9.17, 15) is 4.79 Å². The van der Waals surface area contributed by atoms with Crippen molar-refractivity contribution < 1.29 is 9.53 Å². The second-order valence-electron chi connectivity index (χ2n) is 6.16. The average molecular weight is 297 g/mol. The van der Waals surface area contributed by atoms with E-state index in [1.807, 2.05) is 33.7 Å². The van der Waals surface area contributed by atoms with Gasteiger partial charge in [0, 0.05) is 13.1 Å². The van der Waals surface area contributed by atoms with Gasteiger partial charge in [-0.1, -0.05) is 19.1 Å². The van der Waals surface area contributed by atoms with E-state index >= 15 is 0 Å². The topological polar surface area (TPSA) is 47.4 Å². The van der Waals surface area contributed by atoms with Gasteiger partial charge >= 0.3 is 0 Å². The van der Waals surface area contributed by atoms with Crippen LogP contribution in [-0.4, -0.2) is 33.4 Å². The van der Waals surface area contributed by atoms with Gasteiger partial charge in [-0.25, -0.2) is 4.98 Å². The number of likely N-dealkylation sites (tertiary alicyclic amines) is 1. The molecule has 0 saturated carbocycles. The second kappa shape index (κ2) is 5.16. The van der Waals surface area contributed by atoms with Crippen molar-refractivity contribution in [2.75, 3.05) is 13.1 Å². The number of benzene rings is 1. The molecule has 0 aliphatic carbocycles. The molecule has 1 aromatic heterocycles. The molecule has 0 radical (unpaired) electrons. The normalized spacial score (nSPS) is 20.0. The second-order valence-corrected chi connectivity index (χ2v) is 6.16. The van der Waals surface area contributed by atoms with Crippen LogP contribution < -0.4 is 4.74 Å². The molecule has 4 rings (SSSR count). The summed E-state index contributed by atoms with van der Waals surface area (Å²) in [6, 6.07) is 7.83. The molecule has 2 aliphatic heterocycles. The van der Waals surface area contributed by atoms with E-state index in [-0.39, 0.29) is 5.91 Å². The Morgan fingerprint density at radius 1 is 1.36 bits per heavy atom. The van der Waals surface area contributed by atoms with Gasteiger partial charge in [-0.15, -0.1) is 0 Å². The van der Waals surface area contributed by atoms with E-state index in [4.69, 9.17) is 4.74 Å². The summed E-state index contributed by atoms with van der Waals surface area (Å²) in [5.41, 5.74) is 2.33. The van der Waals surface area contributed by atoms with Crippen LogP contribution in [0.4, 0.5) is 0 Å². The van der Waals surface area contributed by atoms with Gasteiger partial charge in [0.25, 0.3) is 5.91 Å². The van der Waals surface area contributed by atoms with Crippen molar-refractivity contribution >= 4 is 5.91 Å². The molecule has 1 saturated heterocycles. The number of nitrogens with zero attached hydrogens (tertiary/aromatic N) is 3. The number of amides is 1. The molecule has 1 aromatic carbocycles. The molecule has 3 heterocycles. The third kappa shape index (κ3) is 2.08. The third-order valence-corrected chi connectivity index (χ3v) is 4.50. The van der Waals surface area contributed by atoms with Crippen molar-refractivity contribution in [3.05, 3.63) is 42.0 Å². The summed E-state index contributed by atoms with van der Waals surface area (Å²) in [5.74, 6) is 1.43. The highest BCUT2D eigenvalue weighted by molar-refractivity contribution is 5.93. The first kappa shape index (κ1) is 13.4. The highest BCUT2D eigenvalue weighted by Gasteiger charge is 2.29. The Morgan fingerprint density at radius 3 is 3.09 bits per heavy atom. The number of aromatic nitrogens is 2. The van der Waals surface area contributed by atoms with Crippen LogP contribution >= 0.6 is 0 Å². The number of carbonyl (C=O) groups is 1. The molecular formula is C17H19N3O2. The number of fused-ring (bicyclic) bond motifs is 3. The number of hydrogen-bond donors (Lipinski definition) is 0. The molecule has 2 aliphatic rings. The van der Waals surface area contributed by atoms with Crippen molar-refractivity contribution in [1.82, 2.24) is 14.5 Å². The smallest absolute Gasteiger partial charge is 0.274 e. The number of carbonyl (C=O) groups excluding carboxylic acids is 1. The Kier molecular flexibility index (Phi) is 3.13. The first-order valence-corrected chi connectivity index (χ1v) is 7.81. The molecule has 0 bridgehead atoms. The number of hydrogen-bond acceptors (Lipinski definition) is 3. The van der Waals surface area contributed by atoms with Gasteiger partial charge in [-0.3, -0.25) is 9.36 Å². The van der Waals surface area contributed by atoms with E-state index in [1.54, 1.807) is 6.33 Å². The lowest BCUT2D eigenvalue weighted by atomic mass is 10.00. The summed E-state index contributed by atoms with van der Waals surface area (Å²) < 4.78 is 7.75. The van der Waals surface area contributed by atoms with E-state index in [2.05, 4.69) is 11.9 Å². The number of para-hydroxylation sites is 2. The first-order valence-electron chi connectivity index (χ1n) is 7.81. The molecule has 5 nitrogen and oxygen atoms in total. The molecule has 1 fully saturated rings. The maximum absolute atomic E-state index is 12.8. The number of rotatable bonds is 1. The summed E-state index contributed by atoms with van der Waals surface area (Å²) in [5, 5.41) is 0. The maximum Gasteiger partial charge on any atom is 0.274 e. The van der Waals surface area contributed by atoms with Crippen molar-refractivity contribution in [3.8, 4) is 11.4 Å². The molecule has 2 aromatic rings. The molecule has 1 amide bonds. The maximum atomic E-state index is 12.8. The molecule has 1 atom stereocenters. The highest BCUT2D eigenvalue weighted by Crippen LogP contribution is 2.31. The van der Waals surface area contributed by atoms with Gasteiger partial charge in [-0.2, -0.15) is 0 Å². The minimum absolute atomic E-state index is 0.0308. The summed E-state index contributed by atoms with van der Waals surface area (Å²) >= 11 is 0. The van der Waals surface area contributed by atoms with E-state index in [0.717, 1.165) is 36.6 Å². The Labute approximate surface area is 129 Å². The Hall–Kier alpha value is -2.30. The predicted molar refractivity (Wildman–Crippen MR) is 82.2 cm³/mol. The zero-order valence-corrected chi connectivity index (χ0v) is 12.7. The summed E-state index contributed by atoms with van der Waals surface area (Å²) in [6.07, 6.45) is 4.00. The Balaban J connectivity index is 1.68. The van der Waals surface area contributed by atoms with Crippen LogP contribution in [0.3, 0.4) is 0 Å². The van der Waals surface area contributed by atoms with Crippen LogP contribution in [0.1, 0.15) is 35.9 Å². The van der Waals surface area contributed by atoms with Crippen LogP contribution in [-0.2, 0) is 6.61 Å². The third-order valence-electron chi connectivity index (χ3n) is 4.50. The van der Waals surface area contributed by atoms with Gasteiger partial charge in [0.1, 0.15) is 18.7 Å². The zero-order valence-electron chi connectivity index (χ0n) is 12.7. The molecule has 1 unspecified atom stereocenters. The monoisotopic (exact) mass is 297 g/mol. The fraction of sp³-hybridized carbons (Fsp3) is 0.412. The van der Waals surface area contributed by atoms with Crippen LogP contribution in [0, 0.1) is 5.92 Å². The van der Waals surface area contributed by atoms with E-state index in [1.165, 1.54) is 6.42 Å². The summed E-state index contributed by atoms with van der Waals surface area (Å²) in [4.78, 5) is 19.1. The summed E-state index contributed by atoms with van der Waals surface area (Å²) in [7, 11) is 0. The van der Waals surface area contributed by atoms with Gasteiger partial charge < -0.3 is 9.64 Å². The summed E-state index contributed by atoms with van der Waals surface area (Å²) in [6.45, 7) is 4.23. The first-order chi connectivity index (χ1) is 10.7. The predicted octanol–water partition coefficient (Wildman–Crippen LogP) is 2.64. The van der Waals surface area contributed by atoms with Gasteiger partial charge in [0.05, 0.1) is 11.4 Å². The van der Waals surface area contributed by atoms with Crippen LogP contribution in [0.25, 0.3) is 5.69 Å². The van der Waals surface area contributed by atoms with Gasteiger partial charge in [0.15, 0.2) is 5.69 Å². The lowest BCUT2D eigenvalue weighted by Gasteiger charge is -2.31. The minimum atomic E-state index is 0.0308. The van der Waals surface area contributed by atoms with Crippen molar-refractivity contribution in [2.24, 2.45) is 5.92 Å². The molecule has 0 N–H and O–H groups in total. The van der Waals surface area contributed by atoms with Crippen molar-refractivity contribution in [1.29, 1.82) is 0 Å². The van der Waals surface area contributed by atoms with Crippen LogP contribution in [0.15, 0.2) is 30.6 Å². The largest absolute Gasteiger partial charge is 0.485 e. The fourth-order valence-corrected chi connectivity index (χ4v) is 3.35. The Bertz CT molecular complexity index is 722. The van der Waals surface area contributed by atoms with Gasteiger partial charge in [0.2, 0.25) is 0 Å². The standard InChI is InChI=1S/C17H19N3O2/c1-12-5-4-8-19(9-12)17(21)16-14-10-22-15-7-3-2-6-13(15)20(14)11-18-16/h2-3,6-7,11-12H,4-5,8-10H2,1H3. The minimum Gasteiger partial charge on any atom is -0.485 e. The molecule has 0 spiro atoms. The zero-order chi connectivity index (χ0) is 15.1. The highest BCUT2D eigenvalue weighted by atomic mass is 16.5. The van der Waals surface area contributed by atoms with Crippen molar-refractivity contribution in [2.45, 2.75) is 26.4 Å². The lowest BCUT2D eigenvalue weighted by molar-refractivity contribution is 0.0674. The SMILES string of the molecule is CC1CCCN(C(=O)c2ncn3c2COc2ccccc2-3)C1. The quantitative estimate of drug-likeness (QED) is 0.813.